The quantitative estimate of drug-likeness (QED) is 0.399. The van der Waals surface area contributed by atoms with Crippen molar-refractivity contribution in [3.63, 3.8) is 0 Å². The van der Waals surface area contributed by atoms with Gasteiger partial charge in [-0.05, 0) is 19.4 Å². The SMILES string of the molecule is CC(=N)/C(C(N)=O)=C(\C)C=N. The van der Waals surface area contributed by atoms with Gasteiger partial charge in [0.1, 0.15) is 0 Å². The van der Waals surface area contributed by atoms with Gasteiger partial charge >= 0.3 is 0 Å². The van der Waals surface area contributed by atoms with E-state index in [1.165, 1.54) is 6.92 Å². The summed E-state index contributed by atoms with van der Waals surface area (Å²) in [4.78, 5) is 10.7. The molecular formula is C7H11N3O. The van der Waals surface area contributed by atoms with Gasteiger partial charge in [0.2, 0.25) is 0 Å². The minimum atomic E-state index is -0.654. The van der Waals surface area contributed by atoms with Gasteiger partial charge in [-0.2, -0.15) is 0 Å². The zero-order valence-corrected chi connectivity index (χ0v) is 6.56. The van der Waals surface area contributed by atoms with Gasteiger partial charge in [-0.15, -0.1) is 0 Å². The van der Waals surface area contributed by atoms with Crippen LogP contribution in [0.15, 0.2) is 11.1 Å². The van der Waals surface area contributed by atoms with Crippen LogP contribution in [0.4, 0.5) is 0 Å². The fourth-order valence-corrected chi connectivity index (χ4v) is 0.747. The van der Waals surface area contributed by atoms with E-state index in [0.717, 1.165) is 6.21 Å². The van der Waals surface area contributed by atoms with Crippen molar-refractivity contribution in [2.75, 3.05) is 0 Å². The Kier molecular flexibility index (Phi) is 3.17. The molecule has 11 heavy (non-hydrogen) atoms. The summed E-state index contributed by atoms with van der Waals surface area (Å²) in [5, 5.41) is 14.0. The average Bonchev–Trinajstić information content (AvgIpc) is 1.85. The highest BCUT2D eigenvalue weighted by Gasteiger charge is 2.09. The molecule has 0 rings (SSSR count). The maximum atomic E-state index is 10.7. The molecule has 0 spiro atoms. The fraction of sp³-hybridized carbons (Fsp3) is 0.286. The van der Waals surface area contributed by atoms with E-state index in [1.54, 1.807) is 6.92 Å². The first-order chi connectivity index (χ1) is 5.00. The van der Waals surface area contributed by atoms with Crippen LogP contribution in [0.1, 0.15) is 13.8 Å². The van der Waals surface area contributed by atoms with Crippen LogP contribution in [0.3, 0.4) is 0 Å². The lowest BCUT2D eigenvalue weighted by molar-refractivity contribution is -0.114. The summed E-state index contributed by atoms with van der Waals surface area (Å²) in [5.41, 5.74) is 5.62. The first kappa shape index (κ1) is 9.55. The topological polar surface area (TPSA) is 90.8 Å². The number of hydrogen-bond donors (Lipinski definition) is 3. The number of nitrogens with two attached hydrogens (primary N) is 1. The molecule has 0 aliphatic carbocycles. The van der Waals surface area contributed by atoms with Gasteiger partial charge in [-0.25, -0.2) is 0 Å². The van der Waals surface area contributed by atoms with E-state index in [9.17, 15) is 4.79 Å². The number of carbonyl (C=O) groups excluding carboxylic acids is 1. The Hall–Kier alpha value is -1.45. The summed E-state index contributed by atoms with van der Waals surface area (Å²) >= 11 is 0. The molecule has 4 nitrogen and oxygen atoms in total. The van der Waals surface area contributed by atoms with Crippen molar-refractivity contribution < 1.29 is 4.79 Å². The van der Waals surface area contributed by atoms with Crippen molar-refractivity contribution in [2.45, 2.75) is 13.8 Å². The molecule has 0 radical (unpaired) electrons. The number of rotatable bonds is 3. The van der Waals surface area contributed by atoms with Crippen molar-refractivity contribution in [1.82, 2.24) is 0 Å². The Morgan fingerprint density at radius 1 is 1.45 bits per heavy atom. The monoisotopic (exact) mass is 153 g/mol. The zero-order chi connectivity index (χ0) is 9.02. The molecule has 0 aromatic carbocycles. The van der Waals surface area contributed by atoms with Gasteiger partial charge in [-0.3, -0.25) is 4.79 Å². The number of nitrogens with one attached hydrogen (secondary N) is 2. The Balaban J connectivity index is 5.04. The standard InChI is InChI=1S/C7H11N3O/c1-4(3-8)6(5(2)9)7(10)11/h3,8-9H,1-2H3,(H2,10,11)/b6-4-,8-3?,9-5?. The Morgan fingerprint density at radius 3 is 2.00 bits per heavy atom. The van der Waals surface area contributed by atoms with Crippen LogP contribution >= 0.6 is 0 Å². The summed E-state index contributed by atoms with van der Waals surface area (Å²) in [6.45, 7) is 3.04. The van der Waals surface area contributed by atoms with Crippen LogP contribution in [0.25, 0.3) is 0 Å². The van der Waals surface area contributed by atoms with Crippen molar-refractivity contribution >= 4 is 17.8 Å². The maximum Gasteiger partial charge on any atom is 0.250 e. The highest BCUT2D eigenvalue weighted by atomic mass is 16.1. The summed E-state index contributed by atoms with van der Waals surface area (Å²) in [6.07, 6.45) is 1.01. The van der Waals surface area contributed by atoms with Crippen LogP contribution in [-0.4, -0.2) is 17.8 Å². The molecule has 0 atom stereocenters. The fourth-order valence-electron chi connectivity index (χ4n) is 0.747. The molecule has 60 valence electrons. The second-order valence-electron chi connectivity index (χ2n) is 2.19. The molecule has 1 amide bonds. The molecule has 0 aromatic rings. The highest BCUT2D eigenvalue weighted by molar-refractivity contribution is 6.21. The Labute approximate surface area is 65.1 Å². The third kappa shape index (κ3) is 2.33. The van der Waals surface area contributed by atoms with E-state index >= 15 is 0 Å². The van der Waals surface area contributed by atoms with E-state index in [1.807, 2.05) is 0 Å². The lowest BCUT2D eigenvalue weighted by Crippen LogP contribution is -2.20. The first-order valence-electron chi connectivity index (χ1n) is 3.07. The molecular weight excluding hydrogens is 142 g/mol. The van der Waals surface area contributed by atoms with Gasteiger partial charge in [0.05, 0.1) is 5.57 Å². The van der Waals surface area contributed by atoms with Crippen LogP contribution in [0.5, 0.6) is 0 Å². The number of carbonyl (C=O) groups is 1. The minimum Gasteiger partial charge on any atom is -0.366 e. The van der Waals surface area contributed by atoms with Crippen LogP contribution in [-0.2, 0) is 4.79 Å². The number of hydrogen-bond acceptors (Lipinski definition) is 3. The number of allylic oxidation sites excluding steroid dienone is 1. The van der Waals surface area contributed by atoms with Crippen LogP contribution in [0.2, 0.25) is 0 Å². The second kappa shape index (κ2) is 3.65. The molecule has 0 bridgehead atoms. The van der Waals surface area contributed by atoms with Crippen LogP contribution < -0.4 is 5.73 Å². The van der Waals surface area contributed by atoms with E-state index in [4.69, 9.17) is 16.6 Å². The first-order valence-corrected chi connectivity index (χ1v) is 3.07. The van der Waals surface area contributed by atoms with Crippen molar-refractivity contribution in [2.24, 2.45) is 5.73 Å². The Morgan fingerprint density at radius 2 is 1.91 bits per heavy atom. The summed E-state index contributed by atoms with van der Waals surface area (Å²) in [6, 6.07) is 0. The second-order valence-corrected chi connectivity index (χ2v) is 2.19. The van der Waals surface area contributed by atoms with Crippen molar-refractivity contribution in [3.8, 4) is 0 Å². The summed E-state index contributed by atoms with van der Waals surface area (Å²) < 4.78 is 0. The molecule has 0 fully saturated rings. The van der Waals surface area contributed by atoms with E-state index < -0.39 is 5.91 Å². The van der Waals surface area contributed by atoms with Crippen molar-refractivity contribution in [3.05, 3.63) is 11.1 Å². The van der Waals surface area contributed by atoms with Gasteiger partial charge in [0.25, 0.3) is 5.91 Å². The molecule has 0 aromatic heterocycles. The van der Waals surface area contributed by atoms with Gasteiger partial charge < -0.3 is 16.6 Å². The van der Waals surface area contributed by atoms with E-state index in [-0.39, 0.29) is 11.3 Å². The predicted molar refractivity (Wildman–Crippen MR) is 44.1 cm³/mol. The lowest BCUT2D eigenvalue weighted by atomic mass is 10.1. The Bertz CT molecular complexity index is 224. The zero-order valence-electron chi connectivity index (χ0n) is 6.56. The number of amides is 1. The van der Waals surface area contributed by atoms with E-state index in [2.05, 4.69) is 0 Å². The van der Waals surface area contributed by atoms with Gasteiger partial charge in [0.15, 0.2) is 0 Å². The molecule has 0 saturated carbocycles. The molecule has 0 heterocycles. The predicted octanol–water partition coefficient (Wildman–Crippen LogP) is 0.477. The third-order valence-corrected chi connectivity index (χ3v) is 1.23. The molecule has 0 saturated heterocycles. The maximum absolute atomic E-state index is 10.7. The van der Waals surface area contributed by atoms with Crippen molar-refractivity contribution in [1.29, 1.82) is 10.8 Å². The molecule has 0 unspecified atom stereocenters. The van der Waals surface area contributed by atoms with Gasteiger partial charge in [-0.1, -0.05) is 0 Å². The smallest absolute Gasteiger partial charge is 0.250 e. The summed E-state index contributed by atoms with van der Waals surface area (Å²) in [5.74, 6) is -0.654. The van der Waals surface area contributed by atoms with Crippen LogP contribution in [0, 0.1) is 10.8 Å². The molecule has 0 aliphatic heterocycles. The largest absolute Gasteiger partial charge is 0.366 e. The third-order valence-electron chi connectivity index (χ3n) is 1.23. The normalized spacial score (nSPS) is 11.8. The molecule has 4 N–H and O–H groups in total. The molecule has 0 aliphatic rings. The summed E-state index contributed by atoms with van der Waals surface area (Å²) in [7, 11) is 0. The number of primary amides is 1. The van der Waals surface area contributed by atoms with E-state index in [0.29, 0.717) is 5.57 Å². The van der Waals surface area contributed by atoms with Gasteiger partial charge in [0, 0.05) is 11.9 Å². The lowest BCUT2D eigenvalue weighted by Gasteiger charge is -2.01. The minimum absolute atomic E-state index is 0.0958. The average molecular weight is 153 g/mol. The molecule has 4 heteroatoms. The highest BCUT2D eigenvalue weighted by Crippen LogP contribution is 2.01.